The van der Waals surface area contributed by atoms with Crippen molar-refractivity contribution in [2.24, 2.45) is 0 Å². The summed E-state index contributed by atoms with van der Waals surface area (Å²) in [4.78, 5) is 0. The van der Waals surface area contributed by atoms with E-state index in [1.54, 1.807) is 5.19 Å². The second-order valence-corrected chi connectivity index (χ2v) is 14.2. The van der Waals surface area contributed by atoms with Crippen molar-refractivity contribution in [1.82, 2.24) is 0 Å². The summed E-state index contributed by atoms with van der Waals surface area (Å²) in [5, 5.41) is 6.16. The zero-order valence-electron chi connectivity index (χ0n) is 24.3. The molecular formula is C33H39Cl3SiTi. The third-order valence-corrected chi connectivity index (χ3v) is 13.8. The van der Waals surface area contributed by atoms with E-state index in [1.807, 2.05) is 0 Å². The molecule has 0 bridgehead atoms. The molecule has 0 aromatic heterocycles. The largest absolute Gasteiger partial charge is 4.00 e. The van der Waals surface area contributed by atoms with E-state index >= 15 is 0 Å². The molecule has 4 aromatic rings. The molecular weight excluding hydrogens is 579 g/mol. The summed E-state index contributed by atoms with van der Waals surface area (Å²) in [6.07, 6.45) is 0. The Morgan fingerprint density at radius 1 is 0.500 bits per heavy atom. The molecule has 0 amide bonds. The van der Waals surface area contributed by atoms with Gasteiger partial charge in [-0.3, -0.25) is 0 Å². The number of hydrogen-bond donors (Lipinski definition) is 0. The average Bonchev–Trinajstić information content (AvgIpc) is 2.97. The molecule has 0 saturated heterocycles. The standard InChI is InChI=1S/C33H39Si.3ClH.Ti/c1-20-17-21(2)19-30(18-20)34(31-15-11-13-22(3)24(31)5,32-16-12-14-23(4)25(32)6)33-28(9)26(7)27(8)29(33)10;;;;/h11-19H,1-10H3;3*1H;/q-1;;;;+4/p-3. The summed E-state index contributed by atoms with van der Waals surface area (Å²) in [6, 6.07) is 21.2. The van der Waals surface area contributed by atoms with Gasteiger partial charge in [-0.2, -0.15) is 22.3 Å². The Morgan fingerprint density at radius 3 is 1.24 bits per heavy atom. The van der Waals surface area contributed by atoms with Crippen LogP contribution in [-0.4, -0.2) is 8.07 Å². The van der Waals surface area contributed by atoms with Crippen molar-refractivity contribution >= 4 is 28.8 Å². The first kappa shape index (κ1) is 36.8. The average molecular weight is 618 g/mol. The molecule has 4 aromatic carbocycles. The van der Waals surface area contributed by atoms with Crippen LogP contribution in [0.2, 0.25) is 0 Å². The Hall–Kier alpha value is -1.19. The van der Waals surface area contributed by atoms with Gasteiger partial charge in [0.25, 0.3) is 0 Å². The SMILES string of the molecule is Cc1cc(C)cc([Si](c2cccc(C)c2C)(c2cccc(C)c2C)[c-]2c(C)c(C)c(C)c2C)c1.[Cl-].[Cl-].[Cl-].[Ti+4]. The summed E-state index contributed by atoms with van der Waals surface area (Å²) >= 11 is 0. The van der Waals surface area contributed by atoms with Crippen molar-refractivity contribution in [2.45, 2.75) is 69.2 Å². The Kier molecular flexibility index (Phi) is 13.5. The van der Waals surface area contributed by atoms with Crippen LogP contribution in [-0.2, 0) is 21.7 Å². The molecule has 0 heterocycles. The van der Waals surface area contributed by atoms with E-state index in [0.717, 1.165) is 0 Å². The number of halogens is 3. The molecule has 0 aliphatic rings. The van der Waals surface area contributed by atoms with Crippen LogP contribution in [0.25, 0.3) is 0 Å². The number of aryl methyl sites for hydroxylation is 4. The maximum absolute atomic E-state index is 2.61. The summed E-state index contributed by atoms with van der Waals surface area (Å²) in [7, 11) is -2.61. The topological polar surface area (TPSA) is 0 Å². The van der Waals surface area contributed by atoms with Crippen LogP contribution in [0.4, 0.5) is 0 Å². The van der Waals surface area contributed by atoms with Gasteiger partial charge < -0.3 is 37.2 Å². The number of rotatable bonds is 4. The van der Waals surface area contributed by atoms with E-state index in [9.17, 15) is 0 Å². The Labute approximate surface area is 265 Å². The minimum Gasteiger partial charge on any atom is -1.00 e. The van der Waals surface area contributed by atoms with E-state index in [2.05, 4.69) is 124 Å². The predicted molar refractivity (Wildman–Crippen MR) is 153 cm³/mol. The monoisotopic (exact) mass is 616 g/mol. The van der Waals surface area contributed by atoms with Crippen LogP contribution in [0.15, 0.2) is 54.6 Å². The van der Waals surface area contributed by atoms with E-state index in [1.165, 1.54) is 71.2 Å². The Morgan fingerprint density at radius 2 is 0.868 bits per heavy atom. The van der Waals surface area contributed by atoms with Gasteiger partial charge in [0, 0.05) is 0 Å². The predicted octanol–water partition coefficient (Wildman–Crippen LogP) is -3.12. The van der Waals surface area contributed by atoms with Gasteiger partial charge in [-0.15, -0.1) is 5.19 Å². The summed E-state index contributed by atoms with van der Waals surface area (Å²) in [5.74, 6) is 0. The van der Waals surface area contributed by atoms with Gasteiger partial charge in [0.05, 0.1) is 0 Å². The minimum atomic E-state index is -2.61. The smallest absolute Gasteiger partial charge is 1.00 e. The van der Waals surface area contributed by atoms with Crippen molar-refractivity contribution in [1.29, 1.82) is 0 Å². The second-order valence-electron chi connectivity index (χ2n) is 10.5. The molecule has 5 heteroatoms. The number of hydrogen-bond acceptors (Lipinski definition) is 0. The van der Waals surface area contributed by atoms with Gasteiger partial charge in [0.1, 0.15) is 8.07 Å². The van der Waals surface area contributed by atoms with Crippen LogP contribution in [0.3, 0.4) is 0 Å². The molecule has 200 valence electrons. The molecule has 0 unspecified atom stereocenters. The van der Waals surface area contributed by atoms with E-state index in [-0.39, 0.29) is 58.9 Å². The van der Waals surface area contributed by atoms with E-state index < -0.39 is 8.07 Å². The molecule has 0 saturated carbocycles. The molecule has 0 N–H and O–H groups in total. The molecule has 4 rings (SSSR count). The molecule has 0 fully saturated rings. The fourth-order valence-electron chi connectivity index (χ4n) is 6.16. The van der Waals surface area contributed by atoms with Crippen molar-refractivity contribution in [3.8, 4) is 0 Å². The fourth-order valence-corrected chi connectivity index (χ4v) is 12.5. The van der Waals surface area contributed by atoms with Crippen molar-refractivity contribution in [2.75, 3.05) is 0 Å². The summed E-state index contributed by atoms with van der Waals surface area (Å²) < 4.78 is 0. The molecule has 0 aliphatic heterocycles. The van der Waals surface area contributed by atoms with E-state index in [4.69, 9.17) is 0 Å². The van der Waals surface area contributed by atoms with Gasteiger partial charge in [0.2, 0.25) is 0 Å². The third kappa shape index (κ3) is 5.80. The van der Waals surface area contributed by atoms with Crippen LogP contribution in [0, 0.1) is 69.2 Å². The first-order chi connectivity index (χ1) is 16.0. The zero-order chi connectivity index (χ0) is 24.9. The first-order valence-corrected chi connectivity index (χ1v) is 14.5. The third-order valence-electron chi connectivity index (χ3n) is 8.48. The van der Waals surface area contributed by atoms with Crippen LogP contribution >= 0.6 is 0 Å². The normalized spacial score (nSPS) is 10.6. The van der Waals surface area contributed by atoms with Crippen molar-refractivity contribution < 1.29 is 58.9 Å². The van der Waals surface area contributed by atoms with Gasteiger partial charge in [-0.25, -0.2) is 0 Å². The summed E-state index contributed by atoms with van der Waals surface area (Å²) in [6.45, 7) is 23.1. The second kappa shape index (κ2) is 13.9. The van der Waals surface area contributed by atoms with Gasteiger partial charge >= 0.3 is 21.7 Å². The zero-order valence-corrected chi connectivity index (χ0v) is 29.2. The van der Waals surface area contributed by atoms with Crippen LogP contribution in [0.5, 0.6) is 0 Å². The molecule has 0 spiro atoms. The molecule has 0 radical (unpaired) electrons. The maximum atomic E-state index is 2.49. The fraction of sp³-hybridized carbons (Fsp3) is 0.303. The molecule has 38 heavy (non-hydrogen) atoms. The molecule has 0 aliphatic carbocycles. The quantitative estimate of drug-likeness (QED) is 0.129. The van der Waals surface area contributed by atoms with Crippen molar-refractivity contribution in [3.05, 3.63) is 110 Å². The molecule has 0 nitrogen and oxygen atoms in total. The van der Waals surface area contributed by atoms with Crippen LogP contribution in [0.1, 0.15) is 55.6 Å². The summed E-state index contributed by atoms with van der Waals surface area (Å²) in [5.41, 5.74) is 14.2. The first-order valence-electron chi connectivity index (χ1n) is 12.5. The van der Waals surface area contributed by atoms with E-state index in [0.29, 0.717) is 0 Å². The minimum absolute atomic E-state index is 0. The van der Waals surface area contributed by atoms with Gasteiger partial charge in [-0.1, -0.05) is 109 Å². The molecule has 0 atom stereocenters. The maximum Gasteiger partial charge on any atom is 4.00 e. The number of benzene rings is 3. The van der Waals surface area contributed by atoms with Crippen molar-refractivity contribution in [3.63, 3.8) is 0 Å². The van der Waals surface area contributed by atoms with Crippen LogP contribution < -0.4 is 58.0 Å². The Bertz CT molecular complexity index is 1320. The Balaban J connectivity index is 0.00000342. The van der Waals surface area contributed by atoms with Gasteiger partial charge in [0.15, 0.2) is 0 Å². The van der Waals surface area contributed by atoms with Gasteiger partial charge in [-0.05, 0) is 63.8 Å².